The van der Waals surface area contributed by atoms with E-state index in [1.807, 2.05) is 13.8 Å². The highest BCUT2D eigenvalue weighted by Gasteiger charge is 2.50. The average molecular weight is 524 g/mol. The first kappa shape index (κ1) is 29.2. The van der Waals surface area contributed by atoms with E-state index >= 15 is 0 Å². The Morgan fingerprint density at radius 2 is 1.50 bits per heavy atom. The van der Waals surface area contributed by atoms with E-state index in [2.05, 4.69) is 6.92 Å². The molecule has 1 atom stereocenters. The minimum atomic E-state index is -1.18. The Hall–Kier alpha value is -3.35. The topological polar surface area (TPSA) is 93.1 Å². The van der Waals surface area contributed by atoms with E-state index in [9.17, 15) is 19.5 Å². The predicted molar refractivity (Wildman–Crippen MR) is 147 cm³/mol. The van der Waals surface area contributed by atoms with Gasteiger partial charge in [-0.15, -0.1) is 0 Å². The van der Waals surface area contributed by atoms with Crippen LogP contribution in [0.3, 0.4) is 0 Å². The molecule has 2 aromatic carbocycles. The normalized spacial score (nSPS) is 17.0. The van der Waals surface area contributed by atoms with Crippen molar-refractivity contribution in [2.45, 2.75) is 84.1 Å². The number of benzene rings is 2. The summed E-state index contributed by atoms with van der Waals surface area (Å²) in [6.45, 7) is 7.20. The van der Waals surface area contributed by atoms with Crippen LogP contribution in [0.4, 0.5) is 0 Å². The highest BCUT2D eigenvalue weighted by Crippen LogP contribution is 2.36. The molecule has 3 rings (SSSR count). The second-order valence-electron chi connectivity index (χ2n) is 10.5. The molecule has 0 unspecified atom stereocenters. The second kappa shape index (κ2) is 14.0. The number of carboxylic acids is 1. The van der Waals surface area contributed by atoms with E-state index in [1.54, 1.807) is 48.5 Å². The maximum absolute atomic E-state index is 13.2. The smallest absolute Gasteiger partial charge is 0.343 e. The van der Waals surface area contributed by atoms with Crippen molar-refractivity contribution in [1.82, 2.24) is 4.90 Å². The summed E-state index contributed by atoms with van der Waals surface area (Å²) < 4.78 is 11.2. The first-order valence-corrected chi connectivity index (χ1v) is 13.9. The van der Waals surface area contributed by atoms with Gasteiger partial charge in [-0.25, -0.2) is 9.59 Å². The summed E-state index contributed by atoms with van der Waals surface area (Å²) in [6, 6.07) is 13.1. The van der Waals surface area contributed by atoms with Gasteiger partial charge in [-0.05, 0) is 80.1 Å². The number of carboxylic acid groups (broad SMARTS) is 1. The molecule has 2 aromatic rings. The van der Waals surface area contributed by atoms with Crippen LogP contribution in [0.2, 0.25) is 0 Å². The molecule has 0 bridgehead atoms. The first-order chi connectivity index (χ1) is 18.3. The third-order valence-corrected chi connectivity index (χ3v) is 7.05. The molecular formula is C31H41NO6. The van der Waals surface area contributed by atoms with Crippen LogP contribution in [0.25, 0.3) is 0 Å². The summed E-state index contributed by atoms with van der Waals surface area (Å²) in [7, 11) is 0. The summed E-state index contributed by atoms with van der Waals surface area (Å²) in [5.74, 6) is -0.616. The Morgan fingerprint density at radius 1 is 0.895 bits per heavy atom. The van der Waals surface area contributed by atoms with Crippen LogP contribution in [-0.4, -0.2) is 46.5 Å². The van der Waals surface area contributed by atoms with Gasteiger partial charge in [0.2, 0.25) is 0 Å². The van der Waals surface area contributed by atoms with Crippen molar-refractivity contribution in [3.05, 3.63) is 59.7 Å². The molecule has 7 heteroatoms. The Bertz CT molecular complexity index is 1060. The van der Waals surface area contributed by atoms with Crippen LogP contribution in [0.5, 0.6) is 11.5 Å². The standard InChI is InChI=1S/C31H41NO6/c1-4-5-6-7-8-9-21-37-26-15-13-25(14-16-26)29(34)38-27-17-11-24(12-18-27)28(33)32-20-10-19-31(32,30(35)36)22-23(2)3/h11-18,23H,4-10,19-22H2,1-3H3,(H,35,36)/t31-/m0/s1. The van der Waals surface area contributed by atoms with Crippen LogP contribution in [0.15, 0.2) is 48.5 Å². The number of carbonyl (C=O) groups is 3. The van der Waals surface area contributed by atoms with Gasteiger partial charge in [-0.3, -0.25) is 4.79 Å². The van der Waals surface area contributed by atoms with Gasteiger partial charge in [-0.2, -0.15) is 0 Å². The summed E-state index contributed by atoms with van der Waals surface area (Å²) >= 11 is 0. The maximum atomic E-state index is 13.2. The predicted octanol–water partition coefficient (Wildman–Crippen LogP) is 6.75. The van der Waals surface area contributed by atoms with Crippen molar-refractivity contribution in [2.75, 3.05) is 13.2 Å². The molecule has 1 heterocycles. The van der Waals surface area contributed by atoms with Crippen molar-refractivity contribution in [3.8, 4) is 11.5 Å². The minimum absolute atomic E-state index is 0.141. The van der Waals surface area contributed by atoms with Crippen molar-refractivity contribution in [2.24, 2.45) is 5.92 Å². The van der Waals surface area contributed by atoms with Crippen molar-refractivity contribution in [3.63, 3.8) is 0 Å². The number of hydrogen-bond donors (Lipinski definition) is 1. The van der Waals surface area contributed by atoms with Gasteiger partial charge in [0, 0.05) is 12.1 Å². The van der Waals surface area contributed by atoms with E-state index in [4.69, 9.17) is 9.47 Å². The number of nitrogens with zero attached hydrogens (tertiary/aromatic N) is 1. The van der Waals surface area contributed by atoms with E-state index < -0.39 is 17.5 Å². The number of aliphatic carboxylic acids is 1. The number of likely N-dealkylation sites (tertiary alicyclic amines) is 1. The van der Waals surface area contributed by atoms with Crippen LogP contribution < -0.4 is 9.47 Å². The lowest BCUT2D eigenvalue weighted by atomic mass is 9.86. The van der Waals surface area contributed by atoms with Gasteiger partial charge in [0.25, 0.3) is 5.91 Å². The lowest BCUT2D eigenvalue weighted by molar-refractivity contribution is -0.149. The van der Waals surface area contributed by atoms with Gasteiger partial charge in [0.15, 0.2) is 0 Å². The molecule has 38 heavy (non-hydrogen) atoms. The van der Waals surface area contributed by atoms with Crippen LogP contribution >= 0.6 is 0 Å². The zero-order chi connectivity index (χ0) is 27.5. The molecule has 0 spiro atoms. The molecule has 1 amide bonds. The number of unbranched alkanes of at least 4 members (excludes halogenated alkanes) is 5. The first-order valence-electron chi connectivity index (χ1n) is 13.9. The highest BCUT2D eigenvalue weighted by atomic mass is 16.5. The Labute approximate surface area is 226 Å². The van der Waals surface area contributed by atoms with E-state index in [0.717, 1.165) is 18.6 Å². The summed E-state index contributed by atoms with van der Waals surface area (Å²) in [4.78, 5) is 39.5. The van der Waals surface area contributed by atoms with Crippen LogP contribution in [0.1, 0.15) is 99.3 Å². The van der Waals surface area contributed by atoms with Crippen LogP contribution in [-0.2, 0) is 4.79 Å². The van der Waals surface area contributed by atoms with Gasteiger partial charge < -0.3 is 19.5 Å². The Kier molecular flexibility index (Phi) is 10.7. The molecule has 0 saturated carbocycles. The Balaban J connectivity index is 1.54. The molecule has 1 saturated heterocycles. The van der Waals surface area contributed by atoms with E-state index in [-0.39, 0.29) is 11.8 Å². The number of carbonyl (C=O) groups excluding carboxylic acids is 2. The summed E-state index contributed by atoms with van der Waals surface area (Å²) in [6.07, 6.45) is 8.71. The fourth-order valence-electron chi connectivity index (χ4n) is 5.12. The number of hydrogen-bond acceptors (Lipinski definition) is 5. The summed E-state index contributed by atoms with van der Waals surface area (Å²) in [5.41, 5.74) is -0.414. The number of ether oxygens (including phenoxy) is 2. The lowest BCUT2D eigenvalue weighted by Crippen LogP contribution is -2.53. The largest absolute Gasteiger partial charge is 0.494 e. The van der Waals surface area contributed by atoms with Crippen molar-refractivity contribution < 1.29 is 29.0 Å². The zero-order valence-corrected chi connectivity index (χ0v) is 22.9. The third kappa shape index (κ3) is 7.59. The lowest BCUT2D eigenvalue weighted by Gasteiger charge is -2.36. The van der Waals surface area contributed by atoms with Crippen LogP contribution in [0, 0.1) is 5.92 Å². The molecule has 0 aromatic heterocycles. The molecule has 206 valence electrons. The fourth-order valence-corrected chi connectivity index (χ4v) is 5.12. The monoisotopic (exact) mass is 523 g/mol. The van der Waals surface area contributed by atoms with Gasteiger partial charge in [-0.1, -0.05) is 52.9 Å². The third-order valence-electron chi connectivity index (χ3n) is 7.05. The second-order valence-corrected chi connectivity index (χ2v) is 10.5. The molecule has 1 fully saturated rings. The number of esters is 1. The quantitative estimate of drug-likeness (QED) is 0.167. The van der Waals surface area contributed by atoms with Gasteiger partial charge in [0.1, 0.15) is 17.0 Å². The maximum Gasteiger partial charge on any atom is 0.343 e. The molecule has 7 nitrogen and oxygen atoms in total. The molecule has 0 aliphatic carbocycles. The fraction of sp³-hybridized carbons (Fsp3) is 0.516. The van der Waals surface area contributed by atoms with Gasteiger partial charge >= 0.3 is 11.9 Å². The molecule has 1 aliphatic heterocycles. The summed E-state index contributed by atoms with van der Waals surface area (Å²) in [5, 5.41) is 9.98. The highest BCUT2D eigenvalue weighted by molar-refractivity contribution is 5.98. The van der Waals surface area contributed by atoms with Crippen molar-refractivity contribution >= 4 is 17.8 Å². The minimum Gasteiger partial charge on any atom is -0.494 e. The molecular weight excluding hydrogens is 482 g/mol. The molecule has 1 N–H and O–H groups in total. The number of rotatable bonds is 14. The van der Waals surface area contributed by atoms with Gasteiger partial charge in [0.05, 0.1) is 12.2 Å². The SMILES string of the molecule is CCCCCCCCOc1ccc(C(=O)Oc2ccc(C(=O)N3CCC[C@]3(CC(C)C)C(=O)O)cc2)cc1. The average Bonchev–Trinajstić information content (AvgIpc) is 3.32. The molecule has 0 radical (unpaired) electrons. The van der Waals surface area contributed by atoms with E-state index in [0.29, 0.717) is 49.3 Å². The number of amides is 1. The van der Waals surface area contributed by atoms with E-state index in [1.165, 1.54) is 30.6 Å². The molecule has 1 aliphatic rings. The Morgan fingerprint density at radius 3 is 2.13 bits per heavy atom. The zero-order valence-electron chi connectivity index (χ0n) is 22.9. The van der Waals surface area contributed by atoms with Crippen molar-refractivity contribution in [1.29, 1.82) is 0 Å².